The summed E-state index contributed by atoms with van der Waals surface area (Å²) in [5.74, 6) is -0.303. The largest absolute Gasteiger partial charge is 0.344 e. The van der Waals surface area contributed by atoms with Crippen molar-refractivity contribution in [1.82, 2.24) is 15.1 Å². The van der Waals surface area contributed by atoms with Gasteiger partial charge in [-0.2, -0.15) is 0 Å². The van der Waals surface area contributed by atoms with Crippen LogP contribution in [0.5, 0.6) is 0 Å². The van der Waals surface area contributed by atoms with Gasteiger partial charge in [-0.15, -0.1) is 0 Å². The number of likely N-dealkylation sites (tertiary alicyclic amines) is 2. The van der Waals surface area contributed by atoms with Crippen LogP contribution in [0.3, 0.4) is 0 Å². The van der Waals surface area contributed by atoms with E-state index in [1.54, 1.807) is 4.90 Å². The first-order valence-electron chi connectivity index (χ1n) is 9.63. The highest BCUT2D eigenvalue weighted by atomic mass is 16.2. The first-order chi connectivity index (χ1) is 13.1. The van der Waals surface area contributed by atoms with E-state index in [9.17, 15) is 14.4 Å². The molecule has 2 heterocycles. The van der Waals surface area contributed by atoms with Gasteiger partial charge < -0.3 is 15.1 Å². The zero-order valence-electron chi connectivity index (χ0n) is 15.6. The molecule has 3 amide bonds. The molecule has 6 heteroatoms. The molecule has 2 saturated heterocycles. The summed E-state index contributed by atoms with van der Waals surface area (Å²) in [4.78, 5) is 40.6. The molecule has 0 bridgehead atoms. The van der Waals surface area contributed by atoms with Gasteiger partial charge in [0.1, 0.15) is 6.04 Å². The average Bonchev–Trinajstić information content (AvgIpc) is 2.71. The molecule has 2 aliphatic heterocycles. The van der Waals surface area contributed by atoms with Gasteiger partial charge in [0.15, 0.2) is 0 Å². The number of amides is 3. The predicted octanol–water partition coefficient (Wildman–Crippen LogP) is 1.72. The summed E-state index contributed by atoms with van der Waals surface area (Å²) >= 11 is 0. The normalized spacial score (nSPS) is 21.0. The standard InChI is InChI=1S/C21H27N3O3/c1-2-19(25)23-13-10-17(11-14-23)20(26)22-18-9-6-12-24(21(18)27)15-16-7-4-3-5-8-16/h2-5,7-8,17-18H,1,6,9-15H2,(H,22,26). The Balaban J connectivity index is 1.52. The van der Waals surface area contributed by atoms with Crippen LogP contribution >= 0.6 is 0 Å². The molecular formula is C21H27N3O3. The lowest BCUT2D eigenvalue weighted by Gasteiger charge is -2.35. The van der Waals surface area contributed by atoms with Crippen LogP contribution in [-0.4, -0.2) is 53.2 Å². The lowest BCUT2D eigenvalue weighted by molar-refractivity contribution is -0.141. The molecule has 2 aliphatic rings. The molecule has 1 aromatic rings. The number of benzene rings is 1. The number of nitrogens with zero attached hydrogens (tertiary/aromatic N) is 2. The zero-order valence-corrected chi connectivity index (χ0v) is 15.6. The fourth-order valence-electron chi connectivity index (χ4n) is 3.82. The van der Waals surface area contributed by atoms with Crippen LogP contribution in [0, 0.1) is 5.92 Å². The first-order valence-corrected chi connectivity index (χ1v) is 9.63. The Morgan fingerprint density at radius 1 is 1.11 bits per heavy atom. The Hall–Kier alpha value is -2.63. The van der Waals surface area contributed by atoms with Gasteiger partial charge in [-0.1, -0.05) is 36.9 Å². The van der Waals surface area contributed by atoms with E-state index in [1.807, 2.05) is 35.2 Å². The smallest absolute Gasteiger partial charge is 0.245 e. The van der Waals surface area contributed by atoms with Crippen molar-refractivity contribution in [2.45, 2.75) is 38.3 Å². The Morgan fingerprint density at radius 3 is 2.48 bits per heavy atom. The van der Waals surface area contributed by atoms with E-state index in [4.69, 9.17) is 0 Å². The summed E-state index contributed by atoms with van der Waals surface area (Å²) in [5, 5.41) is 2.96. The Bertz CT molecular complexity index is 696. The maximum absolute atomic E-state index is 12.8. The van der Waals surface area contributed by atoms with Gasteiger partial charge in [0.2, 0.25) is 17.7 Å². The molecule has 6 nitrogen and oxygen atoms in total. The maximum atomic E-state index is 12.8. The van der Waals surface area contributed by atoms with E-state index < -0.39 is 6.04 Å². The lowest BCUT2D eigenvalue weighted by Crippen LogP contribution is -2.53. The minimum atomic E-state index is -0.442. The topological polar surface area (TPSA) is 69.7 Å². The molecule has 1 N–H and O–H groups in total. The van der Waals surface area contributed by atoms with Gasteiger partial charge in [0.05, 0.1) is 0 Å². The van der Waals surface area contributed by atoms with Crippen LogP contribution in [-0.2, 0) is 20.9 Å². The summed E-state index contributed by atoms with van der Waals surface area (Å²) in [6.45, 7) is 5.92. The monoisotopic (exact) mass is 369 g/mol. The summed E-state index contributed by atoms with van der Waals surface area (Å²) in [6, 6.07) is 9.46. The second-order valence-corrected chi connectivity index (χ2v) is 7.25. The number of hydrogen-bond acceptors (Lipinski definition) is 3. The van der Waals surface area contributed by atoms with Crippen molar-refractivity contribution in [2.24, 2.45) is 5.92 Å². The van der Waals surface area contributed by atoms with Crippen LogP contribution in [0.25, 0.3) is 0 Å². The summed E-state index contributed by atoms with van der Waals surface area (Å²) in [7, 11) is 0. The van der Waals surface area contributed by atoms with Gasteiger partial charge in [-0.3, -0.25) is 14.4 Å². The summed E-state index contributed by atoms with van der Waals surface area (Å²) in [5.41, 5.74) is 1.09. The van der Waals surface area contributed by atoms with Crippen LogP contribution < -0.4 is 5.32 Å². The molecule has 0 aromatic heterocycles. The van der Waals surface area contributed by atoms with E-state index in [0.29, 0.717) is 38.9 Å². The Morgan fingerprint density at radius 2 is 1.81 bits per heavy atom. The zero-order chi connectivity index (χ0) is 19.2. The fourth-order valence-corrected chi connectivity index (χ4v) is 3.82. The van der Waals surface area contributed by atoms with Crippen LogP contribution in [0.2, 0.25) is 0 Å². The molecule has 144 valence electrons. The van der Waals surface area contributed by atoms with Crippen LogP contribution in [0.15, 0.2) is 43.0 Å². The number of carbonyl (C=O) groups excluding carboxylic acids is 3. The van der Waals surface area contributed by atoms with Crippen molar-refractivity contribution in [3.63, 3.8) is 0 Å². The molecular weight excluding hydrogens is 342 g/mol. The molecule has 0 aliphatic carbocycles. The second kappa shape index (κ2) is 8.84. The minimum absolute atomic E-state index is 0.00211. The van der Waals surface area contributed by atoms with E-state index in [1.165, 1.54) is 6.08 Å². The Kier molecular flexibility index (Phi) is 6.27. The highest BCUT2D eigenvalue weighted by Gasteiger charge is 2.33. The molecule has 0 spiro atoms. The predicted molar refractivity (Wildman–Crippen MR) is 103 cm³/mol. The van der Waals surface area contributed by atoms with Gasteiger partial charge in [-0.05, 0) is 37.3 Å². The number of rotatable bonds is 5. The fraction of sp³-hybridized carbons (Fsp3) is 0.476. The van der Waals surface area contributed by atoms with E-state index in [2.05, 4.69) is 11.9 Å². The number of carbonyl (C=O) groups is 3. The van der Waals surface area contributed by atoms with Gasteiger partial charge in [0, 0.05) is 32.1 Å². The van der Waals surface area contributed by atoms with Gasteiger partial charge in [-0.25, -0.2) is 0 Å². The minimum Gasteiger partial charge on any atom is -0.344 e. The van der Waals surface area contributed by atoms with Crippen molar-refractivity contribution >= 4 is 17.7 Å². The lowest BCUT2D eigenvalue weighted by atomic mass is 9.94. The van der Waals surface area contributed by atoms with Gasteiger partial charge in [0.25, 0.3) is 0 Å². The molecule has 27 heavy (non-hydrogen) atoms. The van der Waals surface area contributed by atoms with E-state index >= 15 is 0 Å². The summed E-state index contributed by atoms with van der Waals surface area (Å²) in [6.07, 6.45) is 4.13. The summed E-state index contributed by atoms with van der Waals surface area (Å²) < 4.78 is 0. The Labute approximate surface area is 160 Å². The van der Waals surface area contributed by atoms with E-state index in [0.717, 1.165) is 18.5 Å². The third-order valence-electron chi connectivity index (χ3n) is 5.42. The van der Waals surface area contributed by atoms with Crippen LogP contribution in [0.1, 0.15) is 31.2 Å². The third-order valence-corrected chi connectivity index (χ3v) is 5.42. The number of hydrogen-bond donors (Lipinski definition) is 1. The van der Waals surface area contributed by atoms with E-state index in [-0.39, 0.29) is 23.6 Å². The number of nitrogens with one attached hydrogen (secondary N) is 1. The molecule has 2 fully saturated rings. The average molecular weight is 369 g/mol. The van der Waals surface area contributed by atoms with Crippen LogP contribution in [0.4, 0.5) is 0 Å². The first kappa shape index (κ1) is 19.1. The van der Waals surface area contributed by atoms with Gasteiger partial charge >= 0.3 is 0 Å². The number of piperidine rings is 2. The maximum Gasteiger partial charge on any atom is 0.245 e. The van der Waals surface area contributed by atoms with Crippen molar-refractivity contribution in [3.05, 3.63) is 48.6 Å². The third kappa shape index (κ3) is 4.76. The molecule has 0 radical (unpaired) electrons. The highest BCUT2D eigenvalue weighted by molar-refractivity contribution is 5.89. The van der Waals surface area contributed by atoms with Crippen molar-refractivity contribution in [2.75, 3.05) is 19.6 Å². The SMILES string of the molecule is C=CC(=O)N1CCC(C(=O)NC2CCCN(Cc3ccccc3)C2=O)CC1. The van der Waals surface area contributed by atoms with Crippen molar-refractivity contribution < 1.29 is 14.4 Å². The molecule has 1 aromatic carbocycles. The van der Waals surface area contributed by atoms with Crippen molar-refractivity contribution in [1.29, 1.82) is 0 Å². The molecule has 1 atom stereocenters. The molecule has 1 unspecified atom stereocenters. The van der Waals surface area contributed by atoms with Crippen molar-refractivity contribution in [3.8, 4) is 0 Å². The molecule has 0 saturated carbocycles. The quantitative estimate of drug-likeness (QED) is 0.804. The highest BCUT2D eigenvalue weighted by Crippen LogP contribution is 2.20. The molecule has 3 rings (SSSR count). The second-order valence-electron chi connectivity index (χ2n) is 7.25.